The first kappa shape index (κ1) is 18.7. The van der Waals surface area contributed by atoms with E-state index in [1.165, 1.54) is 0 Å². The summed E-state index contributed by atoms with van der Waals surface area (Å²) in [6.45, 7) is 0. The van der Waals surface area contributed by atoms with Gasteiger partial charge in [0.1, 0.15) is 11.3 Å². The number of fused-ring (bicyclic) bond motifs is 1. The first-order chi connectivity index (χ1) is 15.1. The molecule has 0 aliphatic carbocycles. The van der Waals surface area contributed by atoms with Crippen LogP contribution in [-0.4, -0.2) is 41.6 Å². The number of nitrogens with one attached hydrogen (secondary N) is 1. The Morgan fingerprint density at radius 2 is 1.65 bits per heavy atom. The molecule has 5 rings (SSSR count). The van der Waals surface area contributed by atoms with Crippen LogP contribution in [0, 0.1) is 0 Å². The lowest BCUT2D eigenvalue weighted by Gasteiger charge is -2.12. The normalized spacial score (nSPS) is 11.1. The molecule has 0 unspecified atom stereocenters. The summed E-state index contributed by atoms with van der Waals surface area (Å²) in [6, 6.07) is 7.80. The Balaban J connectivity index is 1.52. The van der Waals surface area contributed by atoms with Crippen LogP contribution in [0.25, 0.3) is 33.3 Å². The highest BCUT2D eigenvalue weighted by Gasteiger charge is 2.12. The number of nitrogens with zero attached hydrogens (tertiary/aromatic N) is 7. The molecular formula is C22H20N8O. The minimum Gasteiger partial charge on any atom is -0.495 e. The van der Waals surface area contributed by atoms with Crippen molar-refractivity contribution in [3.8, 4) is 28.1 Å². The average molecular weight is 412 g/mol. The van der Waals surface area contributed by atoms with E-state index in [4.69, 9.17) is 9.72 Å². The Bertz CT molecular complexity index is 1390. The average Bonchev–Trinajstić information content (AvgIpc) is 3.42. The standard InChI is InChI=1S/C22H20N8O/c1-29-12-16(10-25-29)14-4-5-18(19(8-14)31-3)27-22-24-9-15-6-7-23-20(21(15)28-22)17-11-26-30(2)13-17/h4-13H,1-3H3,(H,24,27,28). The quantitative estimate of drug-likeness (QED) is 0.471. The Kier molecular flexibility index (Phi) is 4.55. The monoisotopic (exact) mass is 412 g/mol. The number of ether oxygens (including phenoxy) is 1. The minimum absolute atomic E-state index is 0.457. The number of methoxy groups -OCH3 is 1. The van der Waals surface area contributed by atoms with E-state index in [1.807, 2.05) is 57.0 Å². The lowest BCUT2D eigenvalue weighted by atomic mass is 10.1. The van der Waals surface area contributed by atoms with Crippen LogP contribution in [0.15, 0.2) is 61.4 Å². The van der Waals surface area contributed by atoms with Gasteiger partial charge in [-0.25, -0.2) is 9.97 Å². The molecule has 0 bridgehead atoms. The summed E-state index contributed by atoms with van der Waals surface area (Å²) in [4.78, 5) is 13.7. The number of hydrogen-bond acceptors (Lipinski definition) is 7. The molecule has 0 aliphatic rings. The summed E-state index contributed by atoms with van der Waals surface area (Å²) in [7, 11) is 5.40. The van der Waals surface area contributed by atoms with Crippen molar-refractivity contribution in [3.63, 3.8) is 0 Å². The molecule has 0 amide bonds. The van der Waals surface area contributed by atoms with E-state index >= 15 is 0 Å². The van der Waals surface area contributed by atoms with Crippen molar-refractivity contribution in [1.82, 2.24) is 34.5 Å². The van der Waals surface area contributed by atoms with E-state index in [9.17, 15) is 0 Å². The highest BCUT2D eigenvalue weighted by molar-refractivity contribution is 5.91. The Morgan fingerprint density at radius 1 is 0.871 bits per heavy atom. The van der Waals surface area contributed by atoms with Gasteiger partial charge in [0.15, 0.2) is 0 Å². The number of benzene rings is 1. The Hall–Kier alpha value is -4.27. The molecule has 154 valence electrons. The van der Waals surface area contributed by atoms with Crippen LogP contribution < -0.4 is 10.1 Å². The summed E-state index contributed by atoms with van der Waals surface area (Å²) in [6.07, 6.45) is 11.0. The van der Waals surface area contributed by atoms with E-state index in [-0.39, 0.29) is 0 Å². The van der Waals surface area contributed by atoms with Gasteiger partial charge in [-0.1, -0.05) is 6.07 Å². The third-order valence-electron chi connectivity index (χ3n) is 4.96. The maximum Gasteiger partial charge on any atom is 0.227 e. The number of aromatic nitrogens is 7. The predicted octanol–water partition coefficient (Wildman–Crippen LogP) is 3.58. The van der Waals surface area contributed by atoms with Gasteiger partial charge in [-0.3, -0.25) is 14.3 Å². The first-order valence-corrected chi connectivity index (χ1v) is 9.65. The lowest BCUT2D eigenvalue weighted by Crippen LogP contribution is -2.00. The summed E-state index contributed by atoms with van der Waals surface area (Å²) in [5.41, 5.74) is 5.20. The van der Waals surface area contributed by atoms with Crippen molar-refractivity contribution >= 4 is 22.5 Å². The number of anilines is 2. The van der Waals surface area contributed by atoms with Crippen LogP contribution in [0.2, 0.25) is 0 Å². The summed E-state index contributed by atoms with van der Waals surface area (Å²) in [5.74, 6) is 1.14. The summed E-state index contributed by atoms with van der Waals surface area (Å²) >= 11 is 0. The molecule has 0 spiro atoms. The highest BCUT2D eigenvalue weighted by atomic mass is 16.5. The largest absolute Gasteiger partial charge is 0.495 e. The van der Waals surface area contributed by atoms with Crippen molar-refractivity contribution in [1.29, 1.82) is 0 Å². The Morgan fingerprint density at radius 3 is 2.35 bits per heavy atom. The third kappa shape index (κ3) is 3.57. The number of aryl methyl sites for hydroxylation is 2. The zero-order valence-electron chi connectivity index (χ0n) is 17.3. The number of pyridine rings is 1. The fourth-order valence-corrected chi connectivity index (χ4v) is 3.44. The summed E-state index contributed by atoms with van der Waals surface area (Å²) in [5, 5.41) is 12.6. The number of rotatable bonds is 5. The van der Waals surface area contributed by atoms with Gasteiger partial charge in [0, 0.05) is 55.4 Å². The van der Waals surface area contributed by atoms with E-state index in [0.717, 1.165) is 39.0 Å². The second kappa shape index (κ2) is 7.52. The van der Waals surface area contributed by atoms with Crippen molar-refractivity contribution in [2.24, 2.45) is 14.1 Å². The molecule has 0 fully saturated rings. The molecule has 0 aliphatic heterocycles. The van der Waals surface area contributed by atoms with Gasteiger partial charge in [-0.05, 0) is 23.8 Å². The molecule has 9 heteroatoms. The van der Waals surface area contributed by atoms with Crippen molar-refractivity contribution in [2.75, 3.05) is 12.4 Å². The van der Waals surface area contributed by atoms with Crippen LogP contribution in [-0.2, 0) is 14.1 Å². The van der Waals surface area contributed by atoms with Crippen molar-refractivity contribution in [3.05, 3.63) is 61.4 Å². The van der Waals surface area contributed by atoms with Gasteiger partial charge in [0.25, 0.3) is 0 Å². The maximum atomic E-state index is 5.60. The molecule has 31 heavy (non-hydrogen) atoms. The van der Waals surface area contributed by atoms with Crippen molar-refractivity contribution in [2.45, 2.75) is 0 Å². The van der Waals surface area contributed by atoms with Crippen molar-refractivity contribution < 1.29 is 4.74 Å². The molecule has 4 aromatic heterocycles. The highest BCUT2D eigenvalue weighted by Crippen LogP contribution is 2.32. The minimum atomic E-state index is 0.457. The van der Waals surface area contributed by atoms with E-state index < -0.39 is 0 Å². The fraction of sp³-hybridized carbons (Fsp3) is 0.136. The lowest BCUT2D eigenvalue weighted by molar-refractivity contribution is 0.417. The predicted molar refractivity (Wildman–Crippen MR) is 118 cm³/mol. The summed E-state index contributed by atoms with van der Waals surface area (Å²) < 4.78 is 9.11. The smallest absolute Gasteiger partial charge is 0.227 e. The van der Waals surface area contributed by atoms with Gasteiger partial charge in [0.05, 0.1) is 30.9 Å². The molecule has 1 aromatic carbocycles. The van der Waals surface area contributed by atoms with Crippen LogP contribution in [0.1, 0.15) is 0 Å². The molecule has 4 heterocycles. The molecule has 9 nitrogen and oxygen atoms in total. The molecule has 0 radical (unpaired) electrons. The topological polar surface area (TPSA) is 95.6 Å². The molecule has 1 N–H and O–H groups in total. The molecule has 0 saturated heterocycles. The van der Waals surface area contributed by atoms with Crippen LogP contribution in [0.4, 0.5) is 11.6 Å². The first-order valence-electron chi connectivity index (χ1n) is 9.65. The zero-order valence-corrected chi connectivity index (χ0v) is 17.3. The molecule has 0 saturated carbocycles. The van der Waals surface area contributed by atoms with Crippen LogP contribution in [0.5, 0.6) is 5.75 Å². The third-order valence-corrected chi connectivity index (χ3v) is 4.96. The van der Waals surface area contributed by atoms with Crippen LogP contribution >= 0.6 is 0 Å². The van der Waals surface area contributed by atoms with E-state index in [2.05, 4.69) is 25.5 Å². The van der Waals surface area contributed by atoms with Gasteiger partial charge in [0.2, 0.25) is 5.95 Å². The van der Waals surface area contributed by atoms with Crippen LogP contribution in [0.3, 0.4) is 0 Å². The molecular weight excluding hydrogens is 392 g/mol. The second-order valence-corrected chi connectivity index (χ2v) is 7.14. The van der Waals surface area contributed by atoms with Gasteiger partial charge < -0.3 is 10.1 Å². The molecule has 0 atom stereocenters. The SMILES string of the molecule is COc1cc(-c2cnn(C)c2)ccc1Nc1ncc2ccnc(-c3cnn(C)c3)c2n1. The zero-order chi connectivity index (χ0) is 21.4. The fourth-order valence-electron chi connectivity index (χ4n) is 3.44. The number of hydrogen-bond donors (Lipinski definition) is 1. The Labute approximate surface area is 178 Å². The maximum absolute atomic E-state index is 5.60. The van der Waals surface area contributed by atoms with E-state index in [0.29, 0.717) is 11.7 Å². The van der Waals surface area contributed by atoms with Gasteiger partial charge in [-0.2, -0.15) is 10.2 Å². The van der Waals surface area contributed by atoms with Gasteiger partial charge in [-0.15, -0.1) is 0 Å². The second-order valence-electron chi connectivity index (χ2n) is 7.14. The van der Waals surface area contributed by atoms with Gasteiger partial charge >= 0.3 is 0 Å². The molecule has 5 aromatic rings. The van der Waals surface area contributed by atoms with E-state index in [1.54, 1.807) is 35.1 Å².